The van der Waals surface area contributed by atoms with Crippen LogP contribution >= 0.6 is 11.6 Å². The van der Waals surface area contributed by atoms with Gasteiger partial charge in [0, 0.05) is 48.8 Å². The zero-order chi connectivity index (χ0) is 18.1. The van der Waals surface area contributed by atoms with Crippen LogP contribution < -0.4 is 16.0 Å². The first-order valence-electron chi connectivity index (χ1n) is 8.75. The van der Waals surface area contributed by atoms with Gasteiger partial charge in [0.2, 0.25) is 0 Å². The summed E-state index contributed by atoms with van der Waals surface area (Å²) in [7, 11) is 0. The Labute approximate surface area is 157 Å². The van der Waals surface area contributed by atoms with E-state index in [0.717, 1.165) is 48.3 Å². The molecule has 5 nitrogen and oxygen atoms in total. The van der Waals surface area contributed by atoms with E-state index in [4.69, 9.17) is 17.3 Å². The Kier molecular flexibility index (Phi) is 4.57. The molecule has 26 heavy (non-hydrogen) atoms. The van der Waals surface area contributed by atoms with Crippen LogP contribution in [0.5, 0.6) is 0 Å². The van der Waals surface area contributed by atoms with Gasteiger partial charge >= 0.3 is 0 Å². The summed E-state index contributed by atoms with van der Waals surface area (Å²) < 4.78 is 1.98. The standard InChI is InChI=1S/C20H21ClN4O/c21-15-4-1-3-14(11-15)13-25-18-6-2-5-17(24-9-7-23-8-10-24)16(18)12-19(25)20(22)26/h1-6,11-12,23H,7-10,13H2,(H2,22,26). The molecule has 3 N–H and O–H groups in total. The van der Waals surface area contributed by atoms with Gasteiger partial charge in [0.25, 0.3) is 5.91 Å². The normalized spacial score (nSPS) is 14.7. The first-order valence-corrected chi connectivity index (χ1v) is 9.13. The number of hydrogen-bond acceptors (Lipinski definition) is 3. The molecule has 4 rings (SSSR count). The predicted octanol–water partition coefficient (Wildman–Crippen LogP) is 2.85. The number of nitrogens with one attached hydrogen (secondary N) is 1. The number of halogens is 1. The Morgan fingerprint density at radius 1 is 1.12 bits per heavy atom. The van der Waals surface area contributed by atoms with Gasteiger partial charge in [-0.1, -0.05) is 29.8 Å². The number of primary amides is 1. The number of piperazine rings is 1. The van der Waals surface area contributed by atoms with Crippen LogP contribution in [0.15, 0.2) is 48.5 Å². The number of nitrogens with two attached hydrogens (primary N) is 1. The Balaban J connectivity index is 1.83. The maximum absolute atomic E-state index is 12.1. The Hall–Kier alpha value is -2.50. The molecule has 134 valence electrons. The summed E-state index contributed by atoms with van der Waals surface area (Å²) in [5.74, 6) is -0.422. The summed E-state index contributed by atoms with van der Waals surface area (Å²) in [5, 5.41) is 5.11. The van der Waals surface area contributed by atoms with Crippen molar-refractivity contribution in [1.82, 2.24) is 9.88 Å². The molecular formula is C20H21ClN4O. The van der Waals surface area contributed by atoms with Crippen molar-refractivity contribution in [2.24, 2.45) is 5.73 Å². The minimum absolute atomic E-state index is 0.422. The molecule has 1 aromatic heterocycles. The molecule has 0 saturated carbocycles. The summed E-state index contributed by atoms with van der Waals surface area (Å²) in [5.41, 5.74) is 9.39. The summed E-state index contributed by atoms with van der Waals surface area (Å²) in [6, 6.07) is 15.8. The van der Waals surface area contributed by atoms with Crippen molar-refractivity contribution in [2.75, 3.05) is 31.1 Å². The zero-order valence-corrected chi connectivity index (χ0v) is 15.2. The molecule has 1 aliphatic heterocycles. The average Bonchev–Trinajstić information content (AvgIpc) is 3.01. The lowest BCUT2D eigenvalue weighted by molar-refractivity contribution is 0.0992. The van der Waals surface area contributed by atoms with Gasteiger partial charge in [-0.3, -0.25) is 4.79 Å². The van der Waals surface area contributed by atoms with Crippen molar-refractivity contribution in [1.29, 1.82) is 0 Å². The van der Waals surface area contributed by atoms with Gasteiger partial charge in [-0.25, -0.2) is 0 Å². The number of fused-ring (bicyclic) bond motifs is 1. The van der Waals surface area contributed by atoms with Crippen molar-refractivity contribution < 1.29 is 4.79 Å². The van der Waals surface area contributed by atoms with E-state index in [1.54, 1.807) is 0 Å². The first-order chi connectivity index (χ1) is 12.6. The number of amides is 1. The van der Waals surface area contributed by atoms with Crippen LogP contribution in [-0.2, 0) is 6.54 Å². The Bertz CT molecular complexity index is 960. The number of anilines is 1. The summed E-state index contributed by atoms with van der Waals surface area (Å²) in [6.07, 6.45) is 0. The second-order valence-electron chi connectivity index (χ2n) is 6.56. The quantitative estimate of drug-likeness (QED) is 0.744. The summed E-state index contributed by atoms with van der Waals surface area (Å²) in [6.45, 7) is 4.37. The smallest absolute Gasteiger partial charge is 0.265 e. The maximum Gasteiger partial charge on any atom is 0.265 e. The molecule has 1 fully saturated rings. The van der Waals surface area contributed by atoms with Crippen molar-refractivity contribution in [3.63, 3.8) is 0 Å². The third-order valence-electron chi connectivity index (χ3n) is 4.86. The third-order valence-corrected chi connectivity index (χ3v) is 5.10. The Morgan fingerprint density at radius 3 is 2.62 bits per heavy atom. The second kappa shape index (κ2) is 7.02. The van der Waals surface area contributed by atoms with Gasteiger partial charge in [-0.2, -0.15) is 0 Å². The minimum Gasteiger partial charge on any atom is -0.368 e. The summed E-state index contributed by atoms with van der Waals surface area (Å²) >= 11 is 6.12. The van der Waals surface area contributed by atoms with Crippen molar-refractivity contribution >= 4 is 34.1 Å². The molecule has 1 amide bonds. The highest BCUT2D eigenvalue weighted by molar-refractivity contribution is 6.30. The van der Waals surface area contributed by atoms with Crippen molar-refractivity contribution in [3.8, 4) is 0 Å². The SMILES string of the molecule is NC(=O)c1cc2c(N3CCNCC3)cccc2n1Cc1cccc(Cl)c1. The van der Waals surface area contributed by atoms with E-state index < -0.39 is 5.91 Å². The fourth-order valence-electron chi connectivity index (χ4n) is 3.64. The first kappa shape index (κ1) is 16.9. The number of nitrogens with zero attached hydrogens (tertiary/aromatic N) is 2. The molecule has 1 aliphatic rings. The van der Waals surface area contributed by atoms with E-state index in [1.807, 2.05) is 47.0 Å². The topological polar surface area (TPSA) is 63.3 Å². The molecule has 2 heterocycles. The predicted molar refractivity (Wildman–Crippen MR) is 106 cm³/mol. The highest BCUT2D eigenvalue weighted by atomic mass is 35.5. The lowest BCUT2D eigenvalue weighted by atomic mass is 10.1. The lowest BCUT2D eigenvalue weighted by Gasteiger charge is -2.30. The van der Waals surface area contributed by atoms with Crippen LogP contribution in [-0.4, -0.2) is 36.7 Å². The van der Waals surface area contributed by atoms with Gasteiger partial charge in [0.1, 0.15) is 5.69 Å². The van der Waals surface area contributed by atoms with Crippen LogP contribution in [0.25, 0.3) is 10.9 Å². The van der Waals surface area contributed by atoms with Gasteiger partial charge in [-0.05, 0) is 35.9 Å². The van der Waals surface area contributed by atoms with Crippen LogP contribution in [0.3, 0.4) is 0 Å². The van der Waals surface area contributed by atoms with Crippen molar-refractivity contribution in [3.05, 3.63) is 64.8 Å². The maximum atomic E-state index is 12.1. The van der Waals surface area contributed by atoms with E-state index in [9.17, 15) is 4.79 Å². The molecule has 0 unspecified atom stereocenters. The van der Waals surface area contributed by atoms with E-state index in [0.29, 0.717) is 17.3 Å². The van der Waals surface area contributed by atoms with Crippen LogP contribution in [0.1, 0.15) is 16.1 Å². The Morgan fingerprint density at radius 2 is 1.88 bits per heavy atom. The number of rotatable bonds is 4. The molecule has 2 aromatic carbocycles. The third kappa shape index (κ3) is 3.16. The summed E-state index contributed by atoms with van der Waals surface area (Å²) in [4.78, 5) is 14.4. The second-order valence-corrected chi connectivity index (χ2v) is 6.99. The number of carbonyl (C=O) groups is 1. The highest BCUT2D eigenvalue weighted by Gasteiger charge is 2.19. The van der Waals surface area contributed by atoms with E-state index in [-0.39, 0.29) is 0 Å². The number of hydrogen-bond donors (Lipinski definition) is 2. The van der Waals surface area contributed by atoms with Gasteiger partial charge in [0.15, 0.2) is 0 Å². The van der Waals surface area contributed by atoms with Gasteiger partial charge in [0.05, 0.1) is 5.52 Å². The van der Waals surface area contributed by atoms with Crippen LogP contribution in [0, 0.1) is 0 Å². The molecule has 0 radical (unpaired) electrons. The highest BCUT2D eigenvalue weighted by Crippen LogP contribution is 2.31. The molecule has 1 saturated heterocycles. The number of benzene rings is 2. The molecular weight excluding hydrogens is 348 g/mol. The molecule has 0 aliphatic carbocycles. The largest absolute Gasteiger partial charge is 0.368 e. The van der Waals surface area contributed by atoms with Gasteiger partial charge in [-0.15, -0.1) is 0 Å². The molecule has 3 aromatic rings. The lowest BCUT2D eigenvalue weighted by Crippen LogP contribution is -2.43. The van der Waals surface area contributed by atoms with Gasteiger partial charge < -0.3 is 20.5 Å². The number of aromatic nitrogens is 1. The fraction of sp³-hybridized carbons (Fsp3) is 0.250. The average molecular weight is 369 g/mol. The van der Waals surface area contributed by atoms with Crippen LogP contribution in [0.4, 0.5) is 5.69 Å². The van der Waals surface area contributed by atoms with Crippen LogP contribution in [0.2, 0.25) is 5.02 Å². The molecule has 0 atom stereocenters. The zero-order valence-electron chi connectivity index (χ0n) is 14.4. The van der Waals surface area contributed by atoms with E-state index in [1.165, 1.54) is 0 Å². The van der Waals surface area contributed by atoms with Crippen molar-refractivity contribution in [2.45, 2.75) is 6.54 Å². The van der Waals surface area contributed by atoms with E-state index >= 15 is 0 Å². The monoisotopic (exact) mass is 368 g/mol. The number of carbonyl (C=O) groups excluding carboxylic acids is 1. The molecule has 0 spiro atoms. The van der Waals surface area contributed by atoms with E-state index in [2.05, 4.69) is 16.3 Å². The molecule has 0 bridgehead atoms. The minimum atomic E-state index is -0.422. The molecule has 6 heteroatoms. The fourth-order valence-corrected chi connectivity index (χ4v) is 3.86.